The summed E-state index contributed by atoms with van der Waals surface area (Å²) in [7, 11) is 0. The SMILES string of the molecule is CC(C)CCSc1ccc2nn(-c3cc4c(cc3O)NC(=O)CC4)nc2c1. The van der Waals surface area contributed by atoms with Crippen molar-refractivity contribution in [1.29, 1.82) is 0 Å². The Labute approximate surface area is 162 Å². The molecule has 140 valence electrons. The molecule has 2 heterocycles. The Morgan fingerprint density at radius 3 is 2.81 bits per heavy atom. The van der Waals surface area contributed by atoms with Crippen molar-refractivity contribution in [2.45, 2.75) is 38.0 Å². The van der Waals surface area contributed by atoms with Gasteiger partial charge in [0.05, 0.1) is 0 Å². The van der Waals surface area contributed by atoms with Gasteiger partial charge in [-0.1, -0.05) is 13.8 Å². The predicted molar refractivity (Wildman–Crippen MR) is 108 cm³/mol. The molecule has 0 saturated carbocycles. The maximum atomic E-state index is 11.5. The topological polar surface area (TPSA) is 80.0 Å². The molecule has 6 nitrogen and oxygen atoms in total. The van der Waals surface area contributed by atoms with Crippen molar-refractivity contribution in [3.05, 3.63) is 35.9 Å². The molecule has 0 unspecified atom stereocenters. The number of hydrogen-bond acceptors (Lipinski definition) is 5. The van der Waals surface area contributed by atoms with Crippen molar-refractivity contribution in [1.82, 2.24) is 15.0 Å². The van der Waals surface area contributed by atoms with Gasteiger partial charge in [-0.2, -0.15) is 0 Å². The molecule has 2 aromatic carbocycles. The molecule has 0 aliphatic carbocycles. The molecule has 0 spiro atoms. The summed E-state index contributed by atoms with van der Waals surface area (Å²) in [5.41, 5.74) is 3.75. The van der Waals surface area contributed by atoms with Crippen LogP contribution >= 0.6 is 11.8 Å². The van der Waals surface area contributed by atoms with Crippen LogP contribution < -0.4 is 5.32 Å². The molecule has 1 amide bonds. The van der Waals surface area contributed by atoms with Crippen LogP contribution in [0, 0.1) is 5.92 Å². The van der Waals surface area contributed by atoms with Crippen LogP contribution in [0.5, 0.6) is 5.75 Å². The molecule has 1 aliphatic heterocycles. The fourth-order valence-electron chi connectivity index (χ4n) is 3.07. The lowest BCUT2D eigenvalue weighted by atomic mass is 10.0. The molecule has 0 saturated heterocycles. The zero-order valence-electron chi connectivity index (χ0n) is 15.4. The second-order valence-corrected chi connectivity index (χ2v) is 8.39. The first-order valence-electron chi connectivity index (χ1n) is 9.15. The molecular formula is C20H22N4O2S. The lowest BCUT2D eigenvalue weighted by molar-refractivity contribution is -0.116. The zero-order valence-corrected chi connectivity index (χ0v) is 16.2. The van der Waals surface area contributed by atoms with E-state index < -0.39 is 0 Å². The fraction of sp³-hybridized carbons (Fsp3) is 0.350. The molecule has 0 radical (unpaired) electrons. The number of rotatable bonds is 5. The minimum Gasteiger partial charge on any atom is -0.506 e. The van der Waals surface area contributed by atoms with Crippen LogP contribution in [0.25, 0.3) is 16.7 Å². The summed E-state index contributed by atoms with van der Waals surface area (Å²) in [6.45, 7) is 4.46. The van der Waals surface area contributed by atoms with E-state index in [1.807, 2.05) is 30.0 Å². The third kappa shape index (κ3) is 3.78. The van der Waals surface area contributed by atoms with E-state index in [1.54, 1.807) is 6.07 Å². The monoisotopic (exact) mass is 382 g/mol. The first-order chi connectivity index (χ1) is 13.0. The zero-order chi connectivity index (χ0) is 19.0. The van der Waals surface area contributed by atoms with E-state index in [0.29, 0.717) is 30.1 Å². The van der Waals surface area contributed by atoms with Gasteiger partial charge in [0.2, 0.25) is 5.91 Å². The van der Waals surface area contributed by atoms with Crippen molar-refractivity contribution in [3.63, 3.8) is 0 Å². The number of phenolic OH excluding ortho intramolecular Hbond substituents is 1. The number of nitrogens with one attached hydrogen (secondary N) is 1. The summed E-state index contributed by atoms with van der Waals surface area (Å²) in [6.07, 6.45) is 2.27. The molecule has 2 N–H and O–H groups in total. The molecule has 3 aromatic rings. The van der Waals surface area contributed by atoms with Crippen LogP contribution in [0.2, 0.25) is 0 Å². The average Bonchev–Trinajstić information content (AvgIpc) is 3.03. The van der Waals surface area contributed by atoms with Crippen molar-refractivity contribution in [2.24, 2.45) is 5.92 Å². The molecule has 0 fully saturated rings. The second kappa shape index (κ2) is 7.23. The Morgan fingerprint density at radius 2 is 2.00 bits per heavy atom. The summed E-state index contributed by atoms with van der Waals surface area (Å²) in [4.78, 5) is 14.2. The summed E-state index contributed by atoms with van der Waals surface area (Å²) >= 11 is 1.82. The molecule has 1 aromatic heterocycles. The van der Waals surface area contributed by atoms with Crippen LogP contribution in [0.15, 0.2) is 35.2 Å². The first kappa shape index (κ1) is 17.9. The Bertz CT molecular complexity index is 1010. The molecule has 0 atom stereocenters. The van der Waals surface area contributed by atoms with Gasteiger partial charge in [0.15, 0.2) is 0 Å². The minimum atomic E-state index is -0.0277. The molecule has 7 heteroatoms. The highest BCUT2D eigenvalue weighted by Crippen LogP contribution is 2.32. The van der Waals surface area contributed by atoms with Crippen molar-refractivity contribution in [2.75, 3.05) is 11.1 Å². The Morgan fingerprint density at radius 1 is 1.19 bits per heavy atom. The molecule has 0 bridgehead atoms. The summed E-state index contributed by atoms with van der Waals surface area (Å²) < 4.78 is 0. The van der Waals surface area contributed by atoms with Crippen LogP contribution in [0.3, 0.4) is 0 Å². The van der Waals surface area contributed by atoms with Gasteiger partial charge in [-0.15, -0.1) is 26.8 Å². The number of carbonyl (C=O) groups excluding carboxylic acids is 1. The average molecular weight is 382 g/mol. The number of aryl methyl sites for hydroxylation is 1. The third-order valence-electron chi connectivity index (χ3n) is 4.63. The van der Waals surface area contributed by atoms with E-state index in [1.165, 1.54) is 16.1 Å². The smallest absolute Gasteiger partial charge is 0.224 e. The van der Waals surface area contributed by atoms with E-state index in [0.717, 1.165) is 22.3 Å². The van der Waals surface area contributed by atoms with E-state index >= 15 is 0 Å². The number of nitrogens with zero attached hydrogens (tertiary/aromatic N) is 3. The lowest BCUT2D eigenvalue weighted by Crippen LogP contribution is -2.19. The Hall–Kier alpha value is -2.54. The Kier molecular flexibility index (Phi) is 4.78. The first-order valence-corrected chi connectivity index (χ1v) is 10.1. The minimum absolute atomic E-state index is 0.0277. The van der Waals surface area contributed by atoms with E-state index in [-0.39, 0.29) is 11.7 Å². The normalized spacial score (nSPS) is 13.8. The molecule has 27 heavy (non-hydrogen) atoms. The third-order valence-corrected chi connectivity index (χ3v) is 5.65. The number of aromatic nitrogens is 3. The predicted octanol–water partition coefficient (Wildman–Crippen LogP) is 4.15. The van der Waals surface area contributed by atoms with Crippen LogP contribution in [-0.2, 0) is 11.2 Å². The standard InChI is InChI=1S/C20H22N4O2S/c1-12(2)7-8-27-14-4-5-15-17(10-14)23-24(22-15)18-9-13-3-6-20(26)21-16(13)11-19(18)25/h4-5,9-12,25H,3,6-8H2,1-2H3,(H,21,26). The van der Waals surface area contributed by atoms with Crippen molar-refractivity contribution in [3.8, 4) is 11.4 Å². The quantitative estimate of drug-likeness (QED) is 0.648. The van der Waals surface area contributed by atoms with Gasteiger partial charge in [0.1, 0.15) is 22.5 Å². The van der Waals surface area contributed by atoms with E-state index in [9.17, 15) is 9.90 Å². The number of thioether (sulfide) groups is 1. The van der Waals surface area contributed by atoms with Gasteiger partial charge < -0.3 is 10.4 Å². The summed E-state index contributed by atoms with van der Waals surface area (Å²) in [6, 6.07) is 9.49. The highest BCUT2D eigenvalue weighted by atomic mass is 32.2. The van der Waals surface area contributed by atoms with Crippen LogP contribution in [0.1, 0.15) is 32.3 Å². The van der Waals surface area contributed by atoms with Gasteiger partial charge in [0, 0.05) is 23.1 Å². The van der Waals surface area contributed by atoms with E-state index in [2.05, 4.69) is 35.4 Å². The largest absolute Gasteiger partial charge is 0.506 e. The number of carbonyl (C=O) groups is 1. The van der Waals surface area contributed by atoms with Crippen LogP contribution in [0.4, 0.5) is 5.69 Å². The highest BCUT2D eigenvalue weighted by molar-refractivity contribution is 7.99. The fourth-order valence-corrected chi connectivity index (χ4v) is 4.25. The maximum Gasteiger partial charge on any atom is 0.224 e. The van der Waals surface area contributed by atoms with E-state index in [4.69, 9.17) is 0 Å². The van der Waals surface area contributed by atoms with Crippen molar-refractivity contribution >= 4 is 34.4 Å². The number of benzene rings is 2. The molecule has 4 rings (SSSR count). The van der Waals surface area contributed by atoms with Gasteiger partial charge in [-0.3, -0.25) is 4.79 Å². The number of hydrogen-bond donors (Lipinski definition) is 2. The summed E-state index contributed by atoms with van der Waals surface area (Å²) in [5.74, 6) is 1.79. The van der Waals surface area contributed by atoms with Gasteiger partial charge in [-0.25, -0.2) is 0 Å². The maximum absolute atomic E-state index is 11.5. The second-order valence-electron chi connectivity index (χ2n) is 7.22. The number of aromatic hydroxyl groups is 1. The molecule has 1 aliphatic rings. The number of fused-ring (bicyclic) bond motifs is 2. The number of amides is 1. The van der Waals surface area contributed by atoms with Gasteiger partial charge in [-0.05, 0) is 54.3 Å². The summed E-state index contributed by atoms with van der Waals surface area (Å²) in [5, 5.41) is 22.2. The number of phenols is 1. The van der Waals surface area contributed by atoms with Gasteiger partial charge >= 0.3 is 0 Å². The van der Waals surface area contributed by atoms with Crippen molar-refractivity contribution < 1.29 is 9.90 Å². The van der Waals surface area contributed by atoms with Gasteiger partial charge in [0.25, 0.3) is 0 Å². The Balaban J connectivity index is 1.63. The lowest BCUT2D eigenvalue weighted by Gasteiger charge is -2.18. The molecular weight excluding hydrogens is 360 g/mol. The van der Waals surface area contributed by atoms with Crippen LogP contribution in [-0.4, -0.2) is 31.8 Å². The highest BCUT2D eigenvalue weighted by Gasteiger charge is 2.19. The number of anilines is 1.